The van der Waals surface area contributed by atoms with Crippen molar-refractivity contribution in [1.29, 1.82) is 5.26 Å². The van der Waals surface area contributed by atoms with Crippen molar-refractivity contribution in [3.63, 3.8) is 0 Å². The average molecular weight is 264 g/mol. The topological polar surface area (TPSA) is 64.4 Å². The predicted molar refractivity (Wildman–Crippen MR) is 71.2 cm³/mol. The monoisotopic (exact) mass is 264 g/mol. The minimum absolute atomic E-state index is 0.505. The number of hydrogen-bond donors (Lipinski definition) is 0. The number of hydrogen-bond acceptors (Lipinski definition) is 5. The van der Waals surface area contributed by atoms with E-state index in [1.54, 1.807) is 13.2 Å². The first kappa shape index (κ1) is 15.4. The molecule has 0 N–H and O–H groups in total. The highest BCUT2D eigenvalue weighted by atomic mass is 16.5. The molecule has 5 nitrogen and oxygen atoms in total. The lowest BCUT2D eigenvalue weighted by atomic mass is 10.2. The van der Waals surface area contributed by atoms with Crippen LogP contribution in [0.4, 0.5) is 0 Å². The first-order valence-electron chi connectivity index (χ1n) is 6.27. The lowest BCUT2D eigenvalue weighted by Gasteiger charge is -2.10. The summed E-state index contributed by atoms with van der Waals surface area (Å²) >= 11 is 0. The molecule has 0 spiro atoms. The Morgan fingerprint density at radius 2 is 2.00 bits per heavy atom. The van der Waals surface area contributed by atoms with Crippen LogP contribution in [-0.4, -0.2) is 38.5 Å². The van der Waals surface area contributed by atoms with Crippen LogP contribution in [0.3, 0.4) is 0 Å². The van der Waals surface area contributed by atoms with Gasteiger partial charge >= 0.3 is 0 Å². The molecule has 19 heavy (non-hydrogen) atoms. The van der Waals surface area contributed by atoms with Crippen molar-refractivity contribution in [3.05, 3.63) is 23.0 Å². The van der Waals surface area contributed by atoms with Crippen LogP contribution in [0.1, 0.15) is 23.4 Å². The van der Waals surface area contributed by atoms with Gasteiger partial charge in [0, 0.05) is 31.9 Å². The molecule has 1 aromatic rings. The second-order valence-electron chi connectivity index (χ2n) is 4.14. The van der Waals surface area contributed by atoms with Gasteiger partial charge in [-0.05, 0) is 13.8 Å². The molecule has 0 radical (unpaired) electrons. The Balaban J connectivity index is 2.39. The Kier molecular flexibility index (Phi) is 6.86. The standard InChI is InChI=1S/C14H20N2O3/c1-11-9-14(13(10-15)12(2)16-11)19-6-4-5-18-8-7-17-3/h9H,4-8H2,1-3H3. The molecule has 0 aliphatic carbocycles. The summed E-state index contributed by atoms with van der Waals surface area (Å²) in [7, 11) is 1.64. The lowest BCUT2D eigenvalue weighted by molar-refractivity contribution is 0.0644. The highest BCUT2D eigenvalue weighted by Crippen LogP contribution is 2.21. The van der Waals surface area contributed by atoms with E-state index in [9.17, 15) is 0 Å². The van der Waals surface area contributed by atoms with Crippen LogP contribution in [0.15, 0.2) is 6.07 Å². The van der Waals surface area contributed by atoms with Crippen molar-refractivity contribution in [1.82, 2.24) is 4.98 Å². The van der Waals surface area contributed by atoms with Gasteiger partial charge in [-0.1, -0.05) is 0 Å². The molecule has 0 aromatic carbocycles. The number of rotatable bonds is 8. The number of aromatic nitrogens is 1. The summed E-state index contributed by atoms with van der Waals surface area (Å²) in [5.74, 6) is 0.601. The largest absolute Gasteiger partial charge is 0.492 e. The summed E-state index contributed by atoms with van der Waals surface area (Å²) in [5, 5.41) is 9.08. The van der Waals surface area contributed by atoms with Gasteiger partial charge in [0.15, 0.2) is 0 Å². The van der Waals surface area contributed by atoms with Crippen molar-refractivity contribution in [2.24, 2.45) is 0 Å². The maximum atomic E-state index is 9.08. The summed E-state index contributed by atoms with van der Waals surface area (Å²) in [4.78, 5) is 4.24. The molecule has 1 aromatic heterocycles. The fourth-order valence-corrected chi connectivity index (χ4v) is 1.63. The van der Waals surface area contributed by atoms with Gasteiger partial charge in [-0.2, -0.15) is 5.26 Å². The molecule has 5 heteroatoms. The van der Waals surface area contributed by atoms with Crippen molar-refractivity contribution < 1.29 is 14.2 Å². The van der Waals surface area contributed by atoms with Crippen molar-refractivity contribution >= 4 is 0 Å². The van der Waals surface area contributed by atoms with Gasteiger partial charge < -0.3 is 14.2 Å². The van der Waals surface area contributed by atoms with Gasteiger partial charge in [-0.15, -0.1) is 0 Å². The molecular weight excluding hydrogens is 244 g/mol. The zero-order valence-electron chi connectivity index (χ0n) is 11.7. The Morgan fingerprint density at radius 1 is 1.21 bits per heavy atom. The number of pyridine rings is 1. The van der Waals surface area contributed by atoms with Gasteiger partial charge in [0.25, 0.3) is 0 Å². The van der Waals surface area contributed by atoms with E-state index in [2.05, 4.69) is 11.1 Å². The Morgan fingerprint density at radius 3 is 2.68 bits per heavy atom. The highest BCUT2D eigenvalue weighted by molar-refractivity contribution is 5.46. The summed E-state index contributed by atoms with van der Waals surface area (Å²) in [6.45, 7) is 6.02. The molecule has 0 bridgehead atoms. The summed E-state index contributed by atoms with van der Waals surface area (Å²) in [5.41, 5.74) is 2.06. The predicted octanol–water partition coefficient (Wildman–Crippen LogP) is 2.00. The van der Waals surface area contributed by atoms with Crippen LogP contribution < -0.4 is 4.74 Å². The van der Waals surface area contributed by atoms with E-state index in [-0.39, 0.29) is 0 Å². The van der Waals surface area contributed by atoms with Crippen molar-refractivity contribution in [2.45, 2.75) is 20.3 Å². The Labute approximate surface area is 114 Å². The first-order chi connectivity index (χ1) is 9.19. The number of aryl methyl sites for hydroxylation is 2. The second kappa shape index (κ2) is 8.46. The van der Waals surface area contributed by atoms with E-state index in [1.807, 2.05) is 13.8 Å². The molecule has 0 unspecified atom stereocenters. The van der Waals surface area contributed by atoms with Gasteiger partial charge in [0.1, 0.15) is 17.4 Å². The van der Waals surface area contributed by atoms with Gasteiger partial charge in [-0.3, -0.25) is 4.98 Å². The average Bonchev–Trinajstić information content (AvgIpc) is 2.37. The molecule has 0 aliphatic rings. The maximum absolute atomic E-state index is 9.08. The van der Waals surface area contributed by atoms with Crippen LogP contribution >= 0.6 is 0 Å². The van der Waals surface area contributed by atoms with E-state index >= 15 is 0 Å². The van der Waals surface area contributed by atoms with Gasteiger partial charge in [-0.25, -0.2) is 0 Å². The quantitative estimate of drug-likeness (QED) is 0.672. The second-order valence-corrected chi connectivity index (χ2v) is 4.14. The number of nitriles is 1. The smallest absolute Gasteiger partial charge is 0.140 e. The number of methoxy groups -OCH3 is 1. The molecule has 0 aliphatic heterocycles. The zero-order chi connectivity index (χ0) is 14.1. The Bertz CT molecular complexity index is 441. The highest BCUT2D eigenvalue weighted by Gasteiger charge is 2.08. The zero-order valence-corrected chi connectivity index (χ0v) is 11.7. The summed E-state index contributed by atoms with van der Waals surface area (Å²) < 4.78 is 15.8. The normalized spacial score (nSPS) is 10.2. The van der Waals surface area contributed by atoms with E-state index in [0.29, 0.717) is 43.4 Å². The molecule has 0 amide bonds. The molecule has 0 atom stereocenters. The molecule has 0 saturated carbocycles. The lowest BCUT2D eigenvalue weighted by Crippen LogP contribution is -2.08. The molecule has 1 heterocycles. The Hall–Kier alpha value is -1.64. The first-order valence-corrected chi connectivity index (χ1v) is 6.27. The van der Waals surface area contributed by atoms with Crippen LogP contribution in [0.5, 0.6) is 5.75 Å². The fraction of sp³-hybridized carbons (Fsp3) is 0.571. The molecule has 104 valence electrons. The van der Waals surface area contributed by atoms with Crippen LogP contribution in [0.25, 0.3) is 0 Å². The summed E-state index contributed by atoms with van der Waals surface area (Å²) in [6.07, 6.45) is 0.773. The van der Waals surface area contributed by atoms with Crippen LogP contribution in [0.2, 0.25) is 0 Å². The van der Waals surface area contributed by atoms with E-state index < -0.39 is 0 Å². The summed E-state index contributed by atoms with van der Waals surface area (Å²) in [6, 6.07) is 3.91. The van der Waals surface area contributed by atoms with Gasteiger partial charge in [0.05, 0.1) is 25.5 Å². The van der Waals surface area contributed by atoms with E-state index in [0.717, 1.165) is 12.1 Å². The number of ether oxygens (including phenoxy) is 3. The molecule has 1 rings (SSSR count). The molecule has 0 saturated heterocycles. The third kappa shape index (κ3) is 5.25. The van der Waals surface area contributed by atoms with Gasteiger partial charge in [0.2, 0.25) is 0 Å². The SMILES string of the molecule is COCCOCCCOc1cc(C)nc(C)c1C#N. The third-order valence-electron chi connectivity index (χ3n) is 2.53. The van der Waals surface area contributed by atoms with Crippen LogP contribution in [0, 0.1) is 25.2 Å². The van der Waals surface area contributed by atoms with E-state index in [4.69, 9.17) is 19.5 Å². The minimum Gasteiger partial charge on any atom is -0.492 e. The van der Waals surface area contributed by atoms with Crippen molar-refractivity contribution in [3.8, 4) is 11.8 Å². The van der Waals surface area contributed by atoms with E-state index in [1.165, 1.54) is 0 Å². The van der Waals surface area contributed by atoms with Crippen LogP contribution in [-0.2, 0) is 9.47 Å². The maximum Gasteiger partial charge on any atom is 0.140 e. The minimum atomic E-state index is 0.505. The molecular formula is C14H20N2O3. The number of nitrogens with zero attached hydrogens (tertiary/aromatic N) is 2. The fourth-order valence-electron chi connectivity index (χ4n) is 1.63. The molecule has 0 fully saturated rings. The van der Waals surface area contributed by atoms with Crippen molar-refractivity contribution in [2.75, 3.05) is 33.5 Å². The third-order valence-corrected chi connectivity index (χ3v) is 2.53.